The van der Waals surface area contributed by atoms with Gasteiger partial charge in [0.05, 0.1) is 5.92 Å². The van der Waals surface area contributed by atoms with Gasteiger partial charge in [-0.05, 0) is 41.8 Å². The summed E-state index contributed by atoms with van der Waals surface area (Å²) in [6.07, 6.45) is 1.93. The molecule has 0 saturated carbocycles. The quantitative estimate of drug-likeness (QED) is 0.839. The Morgan fingerprint density at radius 1 is 1.65 bits per heavy atom. The first kappa shape index (κ1) is 12.5. The molecule has 1 fully saturated rings. The van der Waals surface area contributed by atoms with Crippen LogP contribution < -0.4 is 11.5 Å². The van der Waals surface area contributed by atoms with Crippen molar-refractivity contribution in [1.29, 1.82) is 0 Å². The maximum absolute atomic E-state index is 11.3. The number of likely N-dealkylation sites (tertiary alicyclic amines) is 1. The van der Waals surface area contributed by atoms with Gasteiger partial charge in [0, 0.05) is 19.1 Å². The van der Waals surface area contributed by atoms with Crippen LogP contribution in [0.5, 0.6) is 0 Å². The number of nitrogens with zero attached hydrogens (tertiary/aromatic N) is 1. The van der Waals surface area contributed by atoms with E-state index in [0.29, 0.717) is 6.54 Å². The molecule has 4 N–H and O–H groups in total. The minimum absolute atomic E-state index is 0.0172. The molecule has 0 spiro atoms. The molecule has 2 atom stereocenters. The van der Waals surface area contributed by atoms with Gasteiger partial charge in [-0.3, -0.25) is 9.69 Å². The van der Waals surface area contributed by atoms with E-state index in [2.05, 4.69) is 21.7 Å². The molecular weight excluding hydrogens is 234 g/mol. The summed E-state index contributed by atoms with van der Waals surface area (Å²) in [5.74, 6) is -0.202. The lowest BCUT2D eigenvalue weighted by atomic mass is 9.95. The lowest BCUT2D eigenvalue weighted by molar-refractivity contribution is -0.123. The molecule has 0 radical (unpaired) electrons. The largest absolute Gasteiger partial charge is 0.369 e. The molecule has 5 heteroatoms. The van der Waals surface area contributed by atoms with Crippen LogP contribution in [-0.2, 0) is 4.79 Å². The molecule has 1 aromatic rings. The predicted octanol–water partition coefficient (Wildman–Crippen LogP) is 0.945. The van der Waals surface area contributed by atoms with Crippen molar-refractivity contribution >= 4 is 17.2 Å². The van der Waals surface area contributed by atoms with E-state index in [1.807, 2.05) is 0 Å². The number of rotatable bonds is 4. The molecule has 1 saturated heterocycles. The van der Waals surface area contributed by atoms with Crippen LogP contribution in [0.2, 0.25) is 0 Å². The van der Waals surface area contributed by atoms with Gasteiger partial charge in [0.15, 0.2) is 0 Å². The summed E-state index contributed by atoms with van der Waals surface area (Å²) in [6.45, 7) is 2.33. The smallest absolute Gasteiger partial charge is 0.221 e. The van der Waals surface area contributed by atoms with Crippen molar-refractivity contribution < 1.29 is 4.79 Å². The van der Waals surface area contributed by atoms with Crippen LogP contribution in [-0.4, -0.2) is 30.4 Å². The summed E-state index contributed by atoms with van der Waals surface area (Å²) in [4.78, 5) is 13.6. The predicted molar refractivity (Wildman–Crippen MR) is 69.6 cm³/mol. The number of nitrogens with two attached hydrogens (primary N) is 2. The van der Waals surface area contributed by atoms with Crippen molar-refractivity contribution in [3.8, 4) is 0 Å². The lowest BCUT2D eigenvalue weighted by Gasteiger charge is -2.36. The van der Waals surface area contributed by atoms with Gasteiger partial charge in [0.25, 0.3) is 0 Å². The SMILES string of the molecule is NCC(c1ccsc1)N1CCCC(C(N)=O)C1. The Hall–Kier alpha value is -0.910. The second kappa shape index (κ2) is 5.62. The molecule has 0 bridgehead atoms. The van der Waals surface area contributed by atoms with E-state index in [0.717, 1.165) is 25.9 Å². The summed E-state index contributed by atoms with van der Waals surface area (Å²) < 4.78 is 0. The van der Waals surface area contributed by atoms with Crippen LogP contribution in [0.3, 0.4) is 0 Å². The molecule has 2 rings (SSSR count). The minimum atomic E-state index is -0.184. The van der Waals surface area contributed by atoms with Crippen molar-refractivity contribution in [3.05, 3.63) is 22.4 Å². The summed E-state index contributed by atoms with van der Waals surface area (Å²) in [5, 5.41) is 4.19. The van der Waals surface area contributed by atoms with E-state index in [-0.39, 0.29) is 17.9 Å². The number of thiophene rings is 1. The molecule has 2 heterocycles. The molecular formula is C12H19N3OS. The van der Waals surface area contributed by atoms with E-state index in [4.69, 9.17) is 11.5 Å². The van der Waals surface area contributed by atoms with Crippen LogP contribution >= 0.6 is 11.3 Å². The third-order valence-electron chi connectivity index (χ3n) is 3.45. The molecule has 0 aliphatic carbocycles. The second-order valence-electron chi connectivity index (χ2n) is 4.54. The van der Waals surface area contributed by atoms with E-state index in [1.165, 1.54) is 5.56 Å². The van der Waals surface area contributed by atoms with Crippen LogP contribution in [0.4, 0.5) is 0 Å². The van der Waals surface area contributed by atoms with Gasteiger partial charge in [-0.15, -0.1) is 0 Å². The number of carbonyl (C=O) groups is 1. The average Bonchev–Trinajstić information content (AvgIpc) is 2.84. The fourth-order valence-corrected chi connectivity index (χ4v) is 3.19. The lowest BCUT2D eigenvalue weighted by Crippen LogP contribution is -2.44. The van der Waals surface area contributed by atoms with Crippen LogP contribution in [0.15, 0.2) is 16.8 Å². The van der Waals surface area contributed by atoms with E-state index >= 15 is 0 Å². The molecule has 1 amide bonds. The topological polar surface area (TPSA) is 72.3 Å². The van der Waals surface area contributed by atoms with Crippen LogP contribution in [0.1, 0.15) is 24.4 Å². The Balaban J connectivity index is 2.07. The van der Waals surface area contributed by atoms with Gasteiger partial charge >= 0.3 is 0 Å². The van der Waals surface area contributed by atoms with Gasteiger partial charge in [0.2, 0.25) is 5.91 Å². The Morgan fingerprint density at radius 2 is 2.47 bits per heavy atom. The second-order valence-corrected chi connectivity index (χ2v) is 5.32. The first-order chi connectivity index (χ1) is 8.22. The highest BCUT2D eigenvalue weighted by Crippen LogP contribution is 2.27. The highest BCUT2D eigenvalue weighted by Gasteiger charge is 2.28. The first-order valence-electron chi connectivity index (χ1n) is 5.98. The third-order valence-corrected chi connectivity index (χ3v) is 4.15. The number of hydrogen-bond donors (Lipinski definition) is 2. The number of amides is 1. The van der Waals surface area contributed by atoms with Crippen molar-refractivity contribution in [1.82, 2.24) is 4.90 Å². The Bertz CT molecular complexity index is 366. The molecule has 4 nitrogen and oxygen atoms in total. The molecule has 17 heavy (non-hydrogen) atoms. The first-order valence-corrected chi connectivity index (χ1v) is 6.92. The summed E-state index contributed by atoms with van der Waals surface area (Å²) in [7, 11) is 0. The van der Waals surface area contributed by atoms with Gasteiger partial charge in [-0.25, -0.2) is 0 Å². The van der Waals surface area contributed by atoms with Gasteiger partial charge in [-0.1, -0.05) is 0 Å². The summed E-state index contributed by atoms with van der Waals surface area (Å²) in [5.41, 5.74) is 12.5. The zero-order chi connectivity index (χ0) is 12.3. The van der Waals surface area contributed by atoms with Gasteiger partial charge in [-0.2, -0.15) is 11.3 Å². The summed E-state index contributed by atoms with van der Waals surface area (Å²) in [6, 6.07) is 2.33. The van der Waals surface area contributed by atoms with Crippen molar-refractivity contribution in [2.24, 2.45) is 17.4 Å². The molecule has 2 unspecified atom stereocenters. The highest BCUT2D eigenvalue weighted by molar-refractivity contribution is 7.07. The number of carbonyl (C=O) groups excluding carboxylic acids is 1. The fourth-order valence-electron chi connectivity index (χ4n) is 2.48. The number of primary amides is 1. The zero-order valence-corrected chi connectivity index (χ0v) is 10.7. The standard InChI is InChI=1S/C12H19N3OS/c13-6-11(10-3-5-17-8-10)15-4-1-2-9(7-15)12(14)16/h3,5,8-9,11H,1-2,4,6-7,13H2,(H2,14,16). The molecule has 1 aromatic heterocycles. The van der Waals surface area contributed by atoms with Gasteiger partial charge in [0.1, 0.15) is 0 Å². The van der Waals surface area contributed by atoms with Crippen molar-refractivity contribution in [2.75, 3.05) is 19.6 Å². The van der Waals surface area contributed by atoms with E-state index in [1.54, 1.807) is 11.3 Å². The highest BCUT2D eigenvalue weighted by atomic mass is 32.1. The molecule has 94 valence electrons. The summed E-state index contributed by atoms with van der Waals surface area (Å²) >= 11 is 1.68. The average molecular weight is 253 g/mol. The van der Waals surface area contributed by atoms with Crippen molar-refractivity contribution in [2.45, 2.75) is 18.9 Å². The maximum atomic E-state index is 11.3. The number of hydrogen-bond acceptors (Lipinski definition) is 4. The fraction of sp³-hybridized carbons (Fsp3) is 0.583. The third kappa shape index (κ3) is 2.86. The monoisotopic (exact) mass is 253 g/mol. The van der Waals surface area contributed by atoms with E-state index in [9.17, 15) is 4.79 Å². The number of piperidine rings is 1. The molecule has 1 aliphatic heterocycles. The molecule has 0 aromatic carbocycles. The zero-order valence-electron chi connectivity index (χ0n) is 9.84. The Labute approximate surface area is 106 Å². The minimum Gasteiger partial charge on any atom is -0.369 e. The Kier molecular flexibility index (Phi) is 4.15. The maximum Gasteiger partial charge on any atom is 0.221 e. The van der Waals surface area contributed by atoms with Crippen LogP contribution in [0.25, 0.3) is 0 Å². The van der Waals surface area contributed by atoms with E-state index < -0.39 is 0 Å². The van der Waals surface area contributed by atoms with Crippen LogP contribution in [0, 0.1) is 5.92 Å². The van der Waals surface area contributed by atoms with Gasteiger partial charge < -0.3 is 11.5 Å². The normalized spacial score (nSPS) is 23.5. The van der Waals surface area contributed by atoms with Crippen molar-refractivity contribution in [3.63, 3.8) is 0 Å². The Morgan fingerprint density at radius 3 is 3.06 bits per heavy atom. The molecule has 1 aliphatic rings.